The van der Waals surface area contributed by atoms with Crippen molar-refractivity contribution in [2.45, 2.75) is 77.9 Å². The van der Waals surface area contributed by atoms with Crippen LogP contribution in [0.5, 0.6) is 0 Å². The van der Waals surface area contributed by atoms with E-state index in [1.165, 1.54) is 0 Å². The highest BCUT2D eigenvalue weighted by Gasteiger charge is 2.36. The second kappa shape index (κ2) is 8.24. The predicted molar refractivity (Wildman–Crippen MR) is 98.5 cm³/mol. The Morgan fingerprint density at radius 2 is 1.83 bits per heavy atom. The van der Waals surface area contributed by atoms with Gasteiger partial charge in [-0.25, -0.2) is 4.98 Å². The van der Waals surface area contributed by atoms with Crippen molar-refractivity contribution in [2.75, 3.05) is 6.61 Å². The number of aryl methyl sites for hydroxylation is 2. The molecule has 0 aromatic carbocycles. The normalized spacial score (nSPS) is 12.7. The summed E-state index contributed by atoms with van der Waals surface area (Å²) in [4.78, 5) is 16.3. The maximum absolute atomic E-state index is 12.0. The first-order valence-electron chi connectivity index (χ1n) is 8.72. The summed E-state index contributed by atoms with van der Waals surface area (Å²) in [7, 11) is 0.315. The molecule has 0 aliphatic carbocycles. The van der Waals surface area contributed by atoms with E-state index in [0.29, 0.717) is 12.1 Å². The molecule has 0 saturated heterocycles. The summed E-state index contributed by atoms with van der Waals surface area (Å²) in [5.41, 5.74) is 0.603. The lowest BCUT2D eigenvalue weighted by Gasteiger charge is -2.36. The van der Waals surface area contributed by atoms with E-state index in [1.54, 1.807) is 0 Å². The van der Waals surface area contributed by atoms with Crippen molar-refractivity contribution >= 4 is 14.1 Å². The van der Waals surface area contributed by atoms with Gasteiger partial charge in [0, 0.05) is 26.3 Å². The zero-order valence-corrected chi connectivity index (χ0v) is 17.0. The van der Waals surface area contributed by atoms with Crippen molar-refractivity contribution in [1.82, 2.24) is 9.55 Å². The largest absolute Gasteiger partial charge is 0.417 e. The number of carbonyl (C=O) groups excluding carboxylic acids is 1. The van der Waals surface area contributed by atoms with Crippen LogP contribution in [0.25, 0.3) is 0 Å². The third-order valence-electron chi connectivity index (χ3n) is 4.96. The minimum Gasteiger partial charge on any atom is -0.417 e. The number of hydrogen-bond acceptors (Lipinski definition) is 3. The van der Waals surface area contributed by atoms with Gasteiger partial charge in [0.2, 0.25) is 0 Å². The fourth-order valence-corrected chi connectivity index (χ4v) is 3.19. The standard InChI is InChI=1S/C18H34N2O2Si/c1-15-19-16(14-20(15)5)17(21)12-10-8-9-11-13-22-23(6,7)18(2,3)4/h14H,8-13H2,1-7H3. The van der Waals surface area contributed by atoms with E-state index in [-0.39, 0.29) is 10.8 Å². The summed E-state index contributed by atoms with van der Waals surface area (Å²) in [6.07, 6.45) is 6.66. The number of Topliss-reactive ketones (excluding diaryl/α,β-unsaturated/α-hetero) is 1. The molecule has 0 radical (unpaired) electrons. The number of hydrogen-bond donors (Lipinski definition) is 0. The molecular weight excluding hydrogens is 304 g/mol. The Bertz CT molecular complexity index is 496. The fourth-order valence-electron chi connectivity index (χ4n) is 2.11. The summed E-state index contributed by atoms with van der Waals surface area (Å²) < 4.78 is 8.06. The third kappa shape index (κ3) is 6.22. The molecule has 0 unspecified atom stereocenters. The molecule has 1 rings (SSSR count). The quantitative estimate of drug-likeness (QED) is 0.366. The van der Waals surface area contributed by atoms with E-state index in [2.05, 4.69) is 38.8 Å². The Morgan fingerprint density at radius 3 is 2.35 bits per heavy atom. The lowest BCUT2D eigenvalue weighted by Crippen LogP contribution is -2.40. The number of nitrogens with zero attached hydrogens (tertiary/aromatic N) is 2. The number of ketones is 1. The summed E-state index contributed by atoms with van der Waals surface area (Å²) in [5, 5.41) is 0.278. The minimum absolute atomic E-state index is 0.159. The SMILES string of the molecule is Cc1nc(C(=O)CCCCCCO[Si](C)(C)C(C)(C)C)cn1C. The van der Waals surface area contributed by atoms with Crippen LogP contribution in [0.2, 0.25) is 18.1 Å². The molecule has 1 heterocycles. The Morgan fingerprint density at radius 1 is 1.22 bits per heavy atom. The predicted octanol–water partition coefficient (Wildman–Crippen LogP) is 4.88. The zero-order chi connectivity index (χ0) is 17.7. The molecule has 0 fully saturated rings. The van der Waals surface area contributed by atoms with E-state index in [1.807, 2.05) is 24.7 Å². The topological polar surface area (TPSA) is 44.1 Å². The maximum atomic E-state index is 12.0. The van der Waals surface area contributed by atoms with Crippen LogP contribution in [0.3, 0.4) is 0 Å². The smallest absolute Gasteiger partial charge is 0.191 e. The van der Waals surface area contributed by atoms with Crippen LogP contribution in [0, 0.1) is 6.92 Å². The Hall–Kier alpha value is -0.943. The molecule has 1 aromatic rings. The highest BCUT2D eigenvalue weighted by atomic mass is 28.4. The summed E-state index contributed by atoms with van der Waals surface area (Å²) in [6.45, 7) is 14.2. The molecule has 0 aliphatic rings. The van der Waals surface area contributed by atoms with Gasteiger partial charge in [0.25, 0.3) is 0 Å². The number of unbranched alkanes of at least 4 members (excludes halogenated alkanes) is 3. The van der Waals surface area contributed by atoms with E-state index in [4.69, 9.17) is 4.43 Å². The Labute approximate surface area is 142 Å². The van der Waals surface area contributed by atoms with Crippen LogP contribution in [-0.2, 0) is 11.5 Å². The van der Waals surface area contributed by atoms with E-state index in [0.717, 1.165) is 38.1 Å². The fraction of sp³-hybridized carbons (Fsp3) is 0.778. The molecule has 0 saturated carbocycles. The summed E-state index contributed by atoms with van der Waals surface area (Å²) >= 11 is 0. The molecule has 0 spiro atoms. The van der Waals surface area contributed by atoms with Gasteiger partial charge in [-0.2, -0.15) is 0 Å². The van der Waals surface area contributed by atoms with Gasteiger partial charge in [-0.3, -0.25) is 4.79 Å². The lowest BCUT2D eigenvalue weighted by atomic mass is 10.1. The first kappa shape index (κ1) is 20.1. The first-order chi connectivity index (χ1) is 10.5. The van der Waals surface area contributed by atoms with Gasteiger partial charge in [-0.1, -0.05) is 33.6 Å². The number of aromatic nitrogens is 2. The highest BCUT2D eigenvalue weighted by Crippen LogP contribution is 2.36. The van der Waals surface area contributed by atoms with Crippen LogP contribution in [0.15, 0.2) is 6.20 Å². The van der Waals surface area contributed by atoms with Crippen molar-refractivity contribution in [1.29, 1.82) is 0 Å². The molecule has 0 aliphatic heterocycles. The Balaban J connectivity index is 2.15. The van der Waals surface area contributed by atoms with Crippen molar-refractivity contribution in [3.63, 3.8) is 0 Å². The molecule has 0 N–H and O–H groups in total. The summed E-state index contributed by atoms with van der Waals surface area (Å²) in [6, 6.07) is 0. The van der Waals surface area contributed by atoms with Gasteiger partial charge < -0.3 is 8.99 Å². The van der Waals surface area contributed by atoms with Crippen molar-refractivity contribution in [3.05, 3.63) is 17.7 Å². The van der Waals surface area contributed by atoms with Gasteiger partial charge in [-0.15, -0.1) is 0 Å². The van der Waals surface area contributed by atoms with Crippen molar-refractivity contribution in [3.8, 4) is 0 Å². The molecule has 0 bridgehead atoms. The molecule has 1 aromatic heterocycles. The van der Waals surface area contributed by atoms with Crippen molar-refractivity contribution < 1.29 is 9.22 Å². The third-order valence-corrected chi connectivity index (χ3v) is 9.50. The molecule has 0 amide bonds. The van der Waals surface area contributed by atoms with Crippen LogP contribution in [0.1, 0.15) is 69.2 Å². The van der Waals surface area contributed by atoms with Gasteiger partial charge in [0.05, 0.1) is 0 Å². The second-order valence-corrected chi connectivity index (χ2v) is 12.8. The second-order valence-electron chi connectivity index (χ2n) is 7.98. The zero-order valence-electron chi connectivity index (χ0n) is 16.0. The van der Waals surface area contributed by atoms with Gasteiger partial charge in [0.15, 0.2) is 14.1 Å². The van der Waals surface area contributed by atoms with Crippen LogP contribution in [-0.4, -0.2) is 30.3 Å². The van der Waals surface area contributed by atoms with Gasteiger partial charge >= 0.3 is 0 Å². The molecule has 23 heavy (non-hydrogen) atoms. The van der Waals surface area contributed by atoms with Gasteiger partial charge in [0.1, 0.15) is 11.5 Å². The number of imidazole rings is 1. The monoisotopic (exact) mass is 338 g/mol. The summed E-state index contributed by atoms with van der Waals surface area (Å²) in [5.74, 6) is 1.04. The molecule has 4 nitrogen and oxygen atoms in total. The Kier molecular flexibility index (Phi) is 7.20. The molecule has 0 atom stereocenters. The van der Waals surface area contributed by atoms with Crippen LogP contribution in [0.4, 0.5) is 0 Å². The highest BCUT2D eigenvalue weighted by molar-refractivity contribution is 6.74. The first-order valence-corrected chi connectivity index (χ1v) is 11.6. The molecule has 132 valence electrons. The van der Waals surface area contributed by atoms with E-state index < -0.39 is 8.32 Å². The average molecular weight is 339 g/mol. The molecular formula is C18H34N2O2Si. The van der Waals surface area contributed by atoms with Crippen molar-refractivity contribution in [2.24, 2.45) is 7.05 Å². The minimum atomic E-state index is -1.60. The maximum Gasteiger partial charge on any atom is 0.191 e. The molecule has 5 heteroatoms. The number of carbonyl (C=O) groups is 1. The number of rotatable bonds is 9. The van der Waals surface area contributed by atoms with Crippen LogP contribution < -0.4 is 0 Å². The van der Waals surface area contributed by atoms with E-state index in [9.17, 15) is 4.79 Å². The van der Waals surface area contributed by atoms with Crippen LogP contribution >= 0.6 is 0 Å². The average Bonchev–Trinajstić information content (AvgIpc) is 2.76. The lowest BCUT2D eigenvalue weighted by molar-refractivity contribution is 0.0974. The van der Waals surface area contributed by atoms with E-state index >= 15 is 0 Å². The van der Waals surface area contributed by atoms with Gasteiger partial charge in [-0.05, 0) is 37.9 Å².